The monoisotopic (exact) mass is 284 g/mol. The Morgan fingerprint density at radius 2 is 2.25 bits per heavy atom. The maximum atomic E-state index is 10.8. The zero-order valence-corrected chi connectivity index (χ0v) is 9.65. The van der Waals surface area contributed by atoms with Gasteiger partial charge >= 0.3 is 5.97 Å². The molecule has 0 fully saturated rings. The summed E-state index contributed by atoms with van der Waals surface area (Å²) >= 11 is 3.00. The lowest BCUT2D eigenvalue weighted by atomic mass is 10.2. The fourth-order valence-corrected chi connectivity index (χ4v) is 1.54. The topological polar surface area (TPSA) is 93.2 Å². The number of ether oxygens (including phenoxy) is 1. The van der Waals surface area contributed by atoms with E-state index in [2.05, 4.69) is 15.9 Å². The molecular formula is C9H5BrN2O4. The van der Waals surface area contributed by atoms with Gasteiger partial charge in [-0.3, -0.25) is 14.9 Å². The van der Waals surface area contributed by atoms with Crippen molar-refractivity contribution in [2.24, 2.45) is 0 Å². The minimum atomic E-state index is -0.636. The van der Waals surface area contributed by atoms with Gasteiger partial charge < -0.3 is 4.74 Å². The van der Waals surface area contributed by atoms with Crippen LogP contribution in [0.2, 0.25) is 0 Å². The predicted molar refractivity (Wildman–Crippen MR) is 56.8 cm³/mol. The van der Waals surface area contributed by atoms with Gasteiger partial charge in [0.25, 0.3) is 5.69 Å². The van der Waals surface area contributed by atoms with E-state index in [9.17, 15) is 14.9 Å². The van der Waals surface area contributed by atoms with Crippen LogP contribution in [0, 0.1) is 21.4 Å². The van der Waals surface area contributed by atoms with E-state index in [0.29, 0.717) is 0 Å². The first kappa shape index (κ1) is 12.1. The van der Waals surface area contributed by atoms with Crippen molar-refractivity contribution in [1.82, 2.24) is 0 Å². The highest BCUT2D eigenvalue weighted by Crippen LogP contribution is 2.33. The molecular weight excluding hydrogens is 280 g/mol. The molecule has 0 bridgehead atoms. The summed E-state index contributed by atoms with van der Waals surface area (Å²) in [6, 6.07) is 3.94. The molecule has 1 aromatic carbocycles. The van der Waals surface area contributed by atoms with E-state index >= 15 is 0 Å². The van der Waals surface area contributed by atoms with Crippen molar-refractivity contribution in [1.29, 1.82) is 5.26 Å². The first-order valence-electron chi connectivity index (χ1n) is 4.02. The lowest BCUT2D eigenvalue weighted by Crippen LogP contribution is -2.04. The third-order valence-electron chi connectivity index (χ3n) is 1.61. The number of carbonyl (C=O) groups excluding carboxylic acids is 1. The summed E-state index contributed by atoms with van der Waals surface area (Å²) in [7, 11) is 0. The smallest absolute Gasteiger partial charge is 0.308 e. The van der Waals surface area contributed by atoms with Gasteiger partial charge in [-0.05, 0) is 15.9 Å². The summed E-state index contributed by atoms with van der Waals surface area (Å²) in [6.07, 6.45) is 0. The quantitative estimate of drug-likeness (QED) is 0.359. The van der Waals surface area contributed by atoms with E-state index in [4.69, 9.17) is 10.00 Å². The minimum absolute atomic E-state index is 0.0133. The average Bonchev–Trinajstić information content (AvgIpc) is 2.19. The summed E-state index contributed by atoms with van der Waals surface area (Å²) in [4.78, 5) is 20.7. The Hall–Kier alpha value is -1.94. The molecule has 0 radical (unpaired) electrons. The number of nitriles is 1. The maximum Gasteiger partial charge on any atom is 0.308 e. The summed E-state index contributed by atoms with van der Waals surface area (Å²) in [6.45, 7) is 1.18. The first-order chi connectivity index (χ1) is 7.45. The number of hydrogen-bond donors (Lipinski definition) is 0. The summed E-state index contributed by atoms with van der Waals surface area (Å²) < 4.78 is 4.96. The van der Waals surface area contributed by atoms with Crippen LogP contribution in [0.15, 0.2) is 16.6 Å². The molecule has 1 aromatic rings. The number of carbonyl (C=O) groups is 1. The van der Waals surface area contributed by atoms with Gasteiger partial charge in [0.2, 0.25) is 0 Å². The summed E-state index contributed by atoms with van der Waals surface area (Å²) in [5, 5.41) is 19.3. The molecule has 1 rings (SSSR count). The van der Waals surface area contributed by atoms with Gasteiger partial charge in [0.1, 0.15) is 11.6 Å². The zero-order valence-electron chi connectivity index (χ0n) is 8.06. The van der Waals surface area contributed by atoms with Gasteiger partial charge in [-0.1, -0.05) is 0 Å². The number of rotatable bonds is 2. The average molecular weight is 285 g/mol. The normalized spacial score (nSPS) is 9.31. The number of nitro benzene ring substituents is 1. The molecule has 0 saturated carbocycles. The number of esters is 1. The van der Waals surface area contributed by atoms with Gasteiger partial charge in [0.05, 0.1) is 9.40 Å². The van der Waals surface area contributed by atoms with Crippen LogP contribution in [-0.4, -0.2) is 10.9 Å². The first-order valence-corrected chi connectivity index (χ1v) is 4.81. The summed E-state index contributed by atoms with van der Waals surface area (Å²) in [5.41, 5.74) is -0.324. The molecule has 6 nitrogen and oxygen atoms in total. The van der Waals surface area contributed by atoms with Crippen molar-refractivity contribution in [3.05, 3.63) is 32.3 Å². The number of halogens is 1. The van der Waals surface area contributed by atoms with Gasteiger partial charge in [0.15, 0.2) is 5.75 Å². The Balaban J connectivity index is 3.35. The van der Waals surface area contributed by atoms with Crippen LogP contribution in [0.5, 0.6) is 5.75 Å². The number of nitro groups is 1. The molecule has 16 heavy (non-hydrogen) atoms. The van der Waals surface area contributed by atoms with Crippen molar-refractivity contribution in [2.45, 2.75) is 6.92 Å². The van der Waals surface area contributed by atoms with Crippen LogP contribution in [0.25, 0.3) is 0 Å². The molecule has 0 aliphatic rings. The second-order valence-electron chi connectivity index (χ2n) is 2.77. The largest absolute Gasteiger partial charge is 0.424 e. The maximum absolute atomic E-state index is 10.8. The molecule has 0 heterocycles. The van der Waals surface area contributed by atoms with E-state index < -0.39 is 10.9 Å². The standard InChI is InChI=1S/C9H5BrN2O4/c1-5(13)16-9-6(4-11)2-7(12(14)15)3-8(9)10/h2-3H,1H3. The Bertz CT molecular complexity index is 507. The Morgan fingerprint density at radius 3 is 2.69 bits per heavy atom. The molecule has 0 unspecified atom stereocenters. The molecule has 7 heteroatoms. The van der Waals surface area contributed by atoms with E-state index in [1.54, 1.807) is 6.07 Å². The fraction of sp³-hybridized carbons (Fsp3) is 0.111. The summed E-state index contributed by atoms with van der Waals surface area (Å²) in [5.74, 6) is -0.619. The molecule has 0 saturated heterocycles. The van der Waals surface area contributed by atoms with E-state index in [1.807, 2.05) is 0 Å². The fourth-order valence-electron chi connectivity index (χ4n) is 1.02. The molecule has 0 aromatic heterocycles. The molecule has 82 valence electrons. The van der Waals surface area contributed by atoms with Crippen LogP contribution in [0.3, 0.4) is 0 Å². The van der Waals surface area contributed by atoms with Crippen molar-refractivity contribution in [2.75, 3.05) is 0 Å². The minimum Gasteiger partial charge on any atom is -0.424 e. The van der Waals surface area contributed by atoms with Crippen LogP contribution in [0.4, 0.5) is 5.69 Å². The highest BCUT2D eigenvalue weighted by molar-refractivity contribution is 9.10. The number of non-ortho nitro benzene ring substituents is 1. The van der Waals surface area contributed by atoms with Crippen molar-refractivity contribution in [3.63, 3.8) is 0 Å². The second kappa shape index (κ2) is 4.72. The highest BCUT2D eigenvalue weighted by Gasteiger charge is 2.17. The zero-order chi connectivity index (χ0) is 12.3. The Labute approximate surface area is 98.7 Å². The lowest BCUT2D eigenvalue weighted by Gasteiger charge is -2.05. The molecule has 0 aliphatic carbocycles. The predicted octanol–water partition coefficient (Wildman–Crippen LogP) is 2.15. The van der Waals surface area contributed by atoms with E-state index in [0.717, 1.165) is 6.07 Å². The van der Waals surface area contributed by atoms with Gasteiger partial charge in [0, 0.05) is 19.1 Å². The molecule has 0 amide bonds. The second-order valence-corrected chi connectivity index (χ2v) is 3.62. The van der Waals surface area contributed by atoms with Gasteiger partial charge in [-0.15, -0.1) is 0 Å². The van der Waals surface area contributed by atoms with Gasteiger partial charge in [-0.25, -0.2) is 0 Å². The number of benzene rings is 1. The lowest BCUT2D eigenvalue weighted by molar-refractivity contribution is -0.385. The van der Waals surface area contributed by atoms with Crippen LogP contribution in [0.1, 0.15) is 12.5 Å². The van der Waals surface area contributed by atoms with Crippen LogP contribution < -0.4 is 4.74 Å². The van der Waals surface area contributed by atoms with Crippen LogP contribution >= 0.6 is 15.9 Å². The van der Waals surface area contributed by atoms with Crippen molar-refractivity contribution in [3.8, 4) is 11.8 Å². The molecule has 0 atom stereocenters. The van der Waals surface area contributed by atoms with E-state index in [-0.39, 0.29) is 21.5 Å². The van der Waals surface area contributed by atoms with Crippen LogP contribution in [-0.2, 0) is 4.79 Å². The molecule has 0 N–H and O–H groups in total. The third kappa shape index (κ3) is 2.55. The SMILES string of the molecule is CC(=O)Oc1c(Br)cc([N+](=O)[O-])cc1C#N. The van der Waals surface area contributed by atoms with Gasteiger partial charge in [-0.2, -0.15) is 5.26 Å². The third-order valence-corrected chi connectivity index (χ3v) is 2.19. The van der Waals surface area contributed by atoms with Crippen molar-refractivity contribution >= 4 is 27.6 Å². The molecule has 0 aliphatic heterocycles. The number of hydrogen-bond acceptors (Lipinski definition) is 5. The Kier molecular flexibility index (Phi) is 3.58. The van der Waals surface area contributed by atoms with Crippen molar-refractivity contribution < 1.29 is 14.5 Å². The van der Waals surface area contributed by atoms with E-state index in [1.165, 1.54) is 13.0 Å². The molecule has 0 spiro atoms. The highest BCUT2D eigenvalue weighted by atomic mass is 79.9. The Morgan fingerprint density at radius 1 is 1.62 bits per heavy atom. The number of nitrogens with zero attached hydrogens (tertiary/aromatic N) is 2.